The second-order valence-corrected chi connectivity index (χ2v) is 5.38. The van der Waals surface area contributed by atoms with Gasteiger partial charge in [-0.25, -0.2) is 4.85 Å². The van der Waals surface area contributed by atoms with Crippen molar-refractivity contribution in [3.05, 3.63) is 47.8 Å². The van der Waals surface area contributed by atoms with Crippen LogP contribution in [0.1, 0.15) is 26.3 Å². The molecule has 0 aliphatic rings. The van der Waals surface area contributed by atoms with Gasteiger partial charge in [-0.15, -0.1) is 6.58 Å². The number of hydrogen-bond donors (Lipinski definition) is 0. The van der Waals surface area contributed by atoms with Crippen LogP contribution < -0.4 is 4.90 Å². The van der Waals surface area contributed by atoms with Gasteiger partial charge in [0.05, 0.1) is 12.1 Å². The maximum Gasteiger partial charge on any atom is 0.407 e. The maximum absolute atomic E-state index is 13.0. The third-order valence-electron chi connectivity index (χ3n) is 2.84. The molecule has 0 radical (unpaired) electrons. The molecular weight excluding hydrogens is 265 g/mol. The molecule has 0 saturated carbocycles. The monoisotopic (exact) mass is 282 g/mol. The fourth-order valence-corrected chi connectivity index (χ4v) is 1.91. The Labute approximate surface area is 117 Å². The van der Waals surface area contributed by atoms with Crippen molar-refractivity contribution in [3.63, 3.8) is 0 Å². The van der Waals surface area contributed by atoms with Gasteiger partial charge < -0.3 is 4.90 Å². The van der Waals surface area contributed by atoms with Crippen LogP contribution >= 0.6 is 0 Å². The van der Waals surface area contributed by atoms with E-state index in [1.54, 1.807) is 6.08 Å². The summed E-state index contributed by atoms with van der Waals surface area (Å²) in [5.74, 6) is 0. The molecule has 5 heteroatoms. The van der Waals surface area contributed by atoms with Gasteiger partial charge in [-0.3, -0.25) is 0 Å². The van der Waals surface area contributed by atoms with Crippen molar-refractivity contribution >= 4 is 11.4 Å². The molecule has 1 aromatic carbocycles. The molecule has 1 rings (SSSR count). The van der Waals surface area contributed by atoms with Gasteiger partial charge >= 0.3 is 6.18 Å². The number of rotatable bonds is 3. The predicted molar refractivity (Wildman–Crippen MR) is 75.0 cm³/mol. The van der Waals surface area contributed by atoms with Gasteiger partial charge in [-0.2, -0.15) is 13.2 Å². The second-order valence-electron chi connectivity index (χ2n) is 5.38. The summed E-state index contributed by atoms with van der Waals surface area (Å²) in [6.07, 6.45) is -2.89. The highest BCUT2D eigenvalue weighted by molar-refractivity contribution is 5.63. The minimum atomic E-state index is -4.53. The summed E-state index contributed by atoms with van der Waals surface area (Å²) in [5.41, 5.74) is -1.20. The van der Waals surface area contributed by atoms with Crippen molar-refractivity contribution < 1.29 is 13.2 Å². The first kappa shape index (κ1) is 16.1. The minimum Gasteiger partial charge on any atom is -0.363 e. The lowest BCUT2D eigenvalue weighted by molar-refractivity contribution is -0.136. The van der Waals surface area contributed by atoms with E-state index in [4.69, 9.17) is 6.57 Å². The van der Waals surface area contributed by atoms with E-state index >= 15 is 0 Å². The van der Waals surface area contributed by atoms with Crippen LogP contribution in [-0.2, 0) is 6.18 Å². The largest absolute Gasteiger partial charge is 0.407 e. The molecule has 0 amide bonds. The van der Waals surface area contributed by atoms with Crippen LogP contribution in [0.4, 0.5) is 24.5 Å². The van der Waals surface area contributed by atoms with Gasteiger partial charge in [-0.1, -0.05) is 12.1 Å². The molecule has 0 spiro atoms. The first-order chi connectivity index (χ1) is 9.11. The summed E-state index contributed by atoms with van der Waals surface area (Å²) in [7, 11) is 0. The molecule has 0 heterocycles. The molecular formula is C15H17F3N2. The van der Waals surface area contributed by atoms with Crippen molar-refractivity contribution in [1.29, 1.82) is 0 Å². The van der Waals surface area contributed by atoms with Gasteiger partial charge in [0.2, 0.25) is 0 Å². The van der Waals surface area contributed by atoms with E-state index in [2.05, 4.69) is 11.4 Å². The van der Waals surface area contributed by atoms with Gasteiger partial charge in [0, 0.05) is 17.8 Å². The fourth-order valence-electron chi connectivity index (χ4n) is 1.91. The zero-order valence-electron chi connectivity index (χ0n) is 11.8. The van der Waals surface area contributed by atoms with E-state index in [1.807, 2.05) is 25.7 Å². The van der Waals surface area contributed by atoms with Crippen LogP contribution in [0.15, 0.2) is 30.9 Å². The number of benzene rings is 1. The van der Waals surface area contributed by atoms with Crippen LogP contribution in [0, 0.1) is 6.57 Å². The Kier molecular flexibility index (Phi) is 4.49. The Morgan fingerprint density at radius 1 is 1.30 bits per heavy atom. The maximum atomic E-state index is 13.0. The van der Waals surface area contributed by atoms with Gasteiger partial charge in [0.1, 0.15) is 0 Å². The summed E-state index contributed by atoms with van der Waals surface area (Å²) in [6, 6.07) is 3.78. The SMILES string of the molecule is [C-]#[N+]c1ccc(N(CC=C)C(C)(C)C)cc1C(F)(F)F. The second kappa shape index (κ2) is 5.58. The quantitative estimate of drug-likeness (QED) is 0.556. The predicted octanol–water partition coefficient (Wildman–Crippen LogP) is 5.05. The van der Waals surface area contributed by atoms with Crippen molar-refractivity contribution in [2.75, 3.05) is 11.4 Å². The third-order valence-corrected chi connectivity index (χ3v) is 2.84. The zero-order chi connectivity index (χ0) is 15.6. The molecule has 20 heavy (non-hydrogen) atoms. The molecule has 2 nitrogen and oxygen atoms in total. The van der Waals surface area contributed by atoms with Crippen LogP contribution in [-0.4, -0.2) is 12.1 Å². The van der Waals surface area contributed by atoms with Crippen molar-refractivity contribution in [3.8, 4) is 0 Å². The summed E-state index contributed by atoms with van der Waals surface area (Å²) < 4.78 is 38.9. The van der Waals surface area contributed by atoms with Crippen molar-refractivity contribution in [2.45, 2.75) is 32.5 Å². The molecule has 0 aromatic heterocycles. The molecule has 0 N–H and O–H groups in total. The average molecular weight is 282 g/mol. The number of nitrogens with zero attached hydrogens (tertiary/aromatic N) is 2. The highest BCUT2D eigenvalue weighted by Gasteiger charge is 2.34. The summed E-state index contributed by atoms with van der Waals surface area (Å²) in [6.45, 7) is 16.6. The van der Waals surface area contributed by atoms with Crippen LogP contribution in [0.2, 0.25) is 0 Å². The molecule has 0 aliphatic heterocycles. The zero-order valence-corrected chi connectivity index (χ0v) is 11.8. The number of alkyl halides is 3. The lowest BCUT2D eigenvalue weighted by Gasteiger charge is -2.37. The lowest BCUT2D eigenvalue weighted by atomic mass is 10.0. The average Bonchev–Trinajstić information content (AvgIpc) is 2.32. The summed E-state index contributed by atoms with van der Waals surface area (Å²) in [5, 5.41) is 0. The van der Waals surface area contributed by atoms with Gasteiger partial charge in [0.15, 0.2) is 5.69 Å². The minimum absolute atomic E-state index is 0.351. The van der Waals surface area contributed by atoms with E-state index < -0.39 is 11.7 Å². The van der Waals surface area contributed by atoms with E-state index in [9.17, 15) is 13.2 Å². The third kappa shape index (κ3) is 3.53. The normalized spacial score (nSPS) is 11.8. The molecule has 0 atom stereocenters. The molecule has 0 fully saturated rings. The highest BCUT2D eigenvalue weighted by Crippen LogP contribution is 2.39. The Balaban J connectivity index is 3.40. The molecule has 0 aliphatic carbocycles. The van der Waals surface area contributed by atoms with Crippen LogP contribution in [0.3, 0.4) is 0 Å². The molecule has 1 aromatic rings. The molecule has 0 bridgehead atoms. The molecule has 0 saturated heterocycles. The topological polar surface area (TPSA) is 7.60 Å². The molecule has 0 unspecified atom stereocenters. The van der Waals surface area contributed by atoms with Crippen LogP contribution in [0.5, 0.6) is 0 Å². The van der Waals surface area contributed by atoms with E-state index in [0.29, 0.717) is 12.2 Å². The smallest absolute Gasteiger partial charge is 0.363 e. The highest BCUT2D eigenvalue weighted by atomic mass is 19.4. The van der Waals surface area contributed by atoms with Gasteiger partial charge in [-0.05, 0) is 32.9 Å². The Morgan fingerprint density at radius 3 is 2.30 bits per heavy atom. The standard InChI is InChI=1S/C15H17F3N2/c1-6-9-20(14(2,3)4)11-7-8-13(19-5)12(10-11)15(16,17)18/h6-8,10H,1,9H2,2-4H3. The summed E-state index contributed by atoms with van der Waals surface area (Å²) >= 11 is 0. The Hall–Kier alpha value is -1.96. The van der Waals surface area contributed by atoms with Crippen molar-refractivity contribution in [1.82, 2.24) is 0 Å². The van der Waals surface area contributed by atoms with Crippen molar-refractivity contribution in [2.24, 2.45) is 0 Å². The van der Waals surface area contributed by atoms with Crippen LogP contribution in [0.25, 0.3) is 4.85 Å². The Morgan fingerprint density at radius 2 is 1.90 bits per heavy atom. The number of hydrogen-bond acceptors (Lipinski definition) is 1. The van der Waals surface area contributed by atoms with E-state index in [0.717, 1.165) is 6.07 Å². The Bertz CT molecular complexity index is 534. The number of anilines is 1. The lowest BCUT2D eigenvalue weighted by Crippen LogP contribution is -2.41. The van der Waals surface area contributed by atoms with Gasteiger partial charge in [0.25, 0.3) is 0 Å². The fraction of sp³-hybridized carbons (Fsp3) is 0.400. The first-order valence-electron chi connectivity index (χ1n) is 6.08. The summed E-state index contributed by atoms with van der Waals surface area (Å²) in [4.78, 5) is 4.75. The van der Waals surface area contributed by atoms with E-state index in [-0.39, 0.29) is 11.2 Å². The van der Waals surface area contributed by atoms with E-state index in [1.165, 1.54) is 12.1 Å². The first-order valence-corrected chi connectivity index (χ1v) is 6.08. The number of halogens is 3. The molecule has 108 valence electrons.